The van der Waals surface area contributed by atoms with E-state index in [-0.39, 0.29) is 30.0 Å². The van der Waals surface area contributed by atoms with Gasteiger partial charge in [-0.25, -0.2) is 9.97 Å². The molecular formula is C27H27ClN6O2. The third kappa shape index (κ3) is 6.70. The van der Waals surface area contributed by atoms with E-state index in [0.29, 0.717) is 30.9 Å². The highest BCUT2D eigenvalue weighted by molar-refractivity contribution is 6.30. The van der Waals surface area contributed by atoms with Crippen molar-refractivity contribution in [2.75, 3.05) is 17.6 Å². The topological polar surface area (TPSA) is 115 Å². The summed E-state index contributed by atoms with van der Waals surface area (Å²) in [6.07, 6.45) is 2.67. The van der Waals surface area contributed by atoms with Crippen LogP contribution < -0.4 is 21.9 Å². The molecule has 0 spiro atoms. The molecule has 9 heteroatoms. The number of carbonyl (C=O) groups excluding carboxylic acids is 1. The molecule has 0 aliphatic heterocycles. The second-order valence-corrected chi connectivity index (χ2v) is 8.64. The Hall–Kier alpha value is -4.17. The maximum atomic E-state index is 13.4. The normalized spacial score (nSPS) is 10.7. The Morgan fingerprint density at radius 2 is 1.64 bits per heavy atom. The molecule has 36 heavy (non-hydrogen) atoms. The van der Waals surface area contributed by atoms with Gasteiger partial charge < -0.3 is 16.4 Å². The third-order valence-electron chi connectivity index (χ3n) is 5.62. The Bertz CT molecular complexity index is 1360. The first kappa shape index (κ1) is 24.9. The molecule has 2 heterocycles. The number of benzene rings is 2. The SMILES string of the molecule is Nc1ccc(CNC(=O)Cn2c(Cc3ccccc3)c(Cl)nc(NCCc3ccccc3)c2=O)cn1. The fourth-order valence-electron chi connectivity index (χ4n) is 3.72. The molecule has 2 aromatic carbocycles. The van der Waals surface area contributed by atoms with Crippen LogP contribution in [-0.4, -0.2) is 27.0 Å². The van der Waals surface area contributed by atoms with Gasteiger partial charge >= 0.3 is 0 Å². The molecule has 4 aromatic rings. The van der Waals surface area contributed by atoms with E-state index in [2.05, 4.69) is 20.6 Å². The van der Waals surface area contributed by atoms with Crippen molar-refractivity contribution in [2.45, 2.75) is 25.9 Å². The number of nitrogens with two attached hydrogens (primary N) is 1. The van der Waals surface area contributed by atoms with Gasteiger partial charge in [-0.15, -0.1) is 0 Å². The number of aromatic nitrogens is 3. The van der Waals surface area contributed by atoms with Crippen molar-refractivity contribution in [2.24, 2.45) is 0 Å². The monoisotopic (exact) mass is 502 g/mol. The number of halogens is 1. The van der Waals surface area contributed by atoms with Crippen molar-refractivity contribution < 1.29 is 4.79 Å². The first-order chi connectivity index (χ1) is 17.5. The van der Waals surface area contributed by atoms with Gasteiger partial charge in [0.25, 0.3) is 5.56 Å². The van der Waals surface area contributed by atoms with Crippen LogP contribution >= 0.6 is 11.6 Å². The Labute approximate surface area is 214 Å². The lowest BCUT2D eigenvalue weighted by atomic mass is 10.1. The van der Waals surface area contributed by atoms with E-state index < -0.39 is 5.56 Å². The molecule has 8 nitrogen and oxygen atoms in total. The van der Waals surface area contributed by atoms with Gasteiger partial charge in [-0.1, -0.05) is 78.3 Å². The van der Waals surface area contributed by atoms with Crippen molar-refractivity contribution in [3.8, 4) is 0 Å². The Balaban J connectivity index is 1.54. The fraction of sp³-hybridized carbons (Fsp3) is 0.185. The lowest BCUT2D eigenvalue weighted by molar-refractivity contribution is -0.121. The smallest absolute Gasteiger partial charge is 0.294 e. The summed E-state index contributed by atoms with van der Waals surface area (Å²) in [6, 6.07) is 23.0. The van der Waals surface area contributed by atoms with E-state index >= 15 is 0 Å². The molecule has 0 unspecified atom stereocenters. The third-order valence-corrected chi connectivity index (χ3v) is 5.93. The van der Waals surface area contributed by atoms with Crippen LogP contribution in [0.4, 0.5) is 11.6 Å². The van der Waals surface area contributed by atoms with Gasteiger partial charge in [0.15, 0.2) is 11.0 Å². The molecule has 0 aliphatic rings. The van der Waals surface area contributed by atoms with Gasteiger partial charge in [0.05, 0.1) is 5.69 Å². The number of anilines is 2. The summed E-state index contributed by atoms with van der Waals surface area (Å²) in [5.74, 6) is 0.185. The van der Waals surface area contributed by atoms with Crippen molar-refractivity contribution in [3.05, 3.63) is 117 Å². The fourth-order valence-corrected chi connectivity index (χ4v) is 3.98. The molecule has 0 atom stereocenters. The van der Waals surface area contributed by atoms with Crippen LogP contribution in [0.5, 0.6) is 0 Å². The van der Waals surface area contributed by atoms with Gasteiger partial charge in [-0.05, 0) is 29.2 Å². The lowest BCUT2D eigenvalue weighted by Gasteiger charge is -2.17. The average Bonchev–Trinajstić information content (AvgIpc) is 2.90. The lowest BCUT2D eigenvalue weighted by Crippen LogP contribution is -2.35. The van der Waals surface area contributed by atoms with E-state index in [9.17, 15) is 9.59 Å². The summed E-state index contributed by atoms with van der Waals surface area (Å²) >= 11 is 6.56. The maximum absolute atomic E-state index is 13.4. The minimum Gasteiger partial charge on any atom is -0.384 e. The molecule has 0 saturated carbocycles. The number of nitrogen functional groups attached to an aromatic ring is 1. The van der Waals surface area contributed by atoms with Crippen LogP contribution in [0.25, 0.3) is 0 Å². The number of amides is 1. The van der Waals surface area contributed by atoms with Crippen LogP contribution in [-0.2, 0) is 30.7 Å². The number of pyridine rings is 1. The molecule has 184 valence electrons. The number of rotatable bonds is 10. The standard InChI is InChI=1S/C27H27ClN6O2/c28-25-22(15-20-9-5-2-6-10-20)34(18-24(35)32-17-21-11-12-23(29)31-16-21)27(36)26(33-25)30-14-13-19-7-3-1-4-8-19/h1-12,16H,13-15,17-18H2,(H2,29,31)(H,30,33)(H,32,35). The Morgan fingerprint density at radius 1 is 0.944 bits per heavy atom. The molecular weight excluding hydrogens is 476 g/mol. The predicted octanol–water partition coefficient (Wildman–Crippen LogP) is 3.44. The number of hydrogen-bond acceptors (Lipinski definition) is 6. The first-order valence-electron chi connectivity index (χ1n) is 11.6. The molecule has 4 N–H and O–H groups in total. The Kier molecular flexibility index (Phi) is 8.31. The van der Waals surface area contributed by atoms with Crippen LogP contribution in [0.15, 0.2) is 83.8 Å². The molecule has 1 amide bonds. The highest BCUT2D eigenvalue weighted by atomic mass is 35.5. The van der Waals surface area contributed by atoms with Crippen molar-refractivity contribution >= 4 is 29.1 Å². The molecule has 4 rings (SSSR count). The highest BCUT2D eigenvalue weighted by Crippen LogP contribution is 2.18. The minimum absolute atomic E-state index is 0.114. The summed E-state index contributed by atoms with van der Waals surface area (Å²) in [7, 11) is 0. The average molecular weight is 503 g/mol. The van der Waals surface area contributed by atoms with Gasteiger partial charge in [0, 0.05) is 25.7 Å². The molecule has 0 aliphatic carbocycles. The van der Waals surface area contributed by atoms with Gasteiger partial charge in [-0.3, -0.25) is 14.2 Å². The minimum atomic E-state index is -0.400. The van der Waals surface area contributed by atoms with Crippen molar-refractivity contribution in [3.63, 3.8) is 0 Å². The van der Waals surface area contributed by atoms with E-state index in [4.69, 9.17) is 17.3 Å². The van der Waals surface area contributed by atoms with Crippen LogP contribution in [0.1, 0.15) is 22.4 Å². The predicted molar refractivity (Wildman–Crippen MR) is 142 cm³/mol. The van der Waals surface area contributed by atoms with E-state index in [1.807, 2.05) is 60.7 Å². The molecule has 0 saturated heterocycles. The summed E-state index contributed by atoms with van der Waals surface area (Å²) in [5.41, 5.74) is 8.57. The van der Waals surface area contributed by atoms with Gasteiger partial charge in [-0.2, -0.15) is 0 Å². The van der Waals surface area contributed by atoms with Crippen molar-refractivity contribution in [1.29, 1.82) is 0 Å². The summed E-state index contributed by atoms with van der Waals surface area (Å²) in [5, 5.41) is 6.09. The van der Waals surface area contributed by atoms with Gasteiger partial charge in [0.1, 0.15) is 12.4 Å². The number of hydrogen-bond donors (Lipinski definition) is 3. The Morgan fingerprint density at radius 3 is 2.31 bits per heavy atom. The van der Waals surface area contributed by atoms with Crippen molar-refractivity contribution in [1.82, 2.24) is 19.9 Å². The summed E-state index contributed by atoms with van der Waals surface area (Å²) in [4.78, 5) is 34.6. The molecule has 2 aromatic heterocycles. The summed E-state index contributed by atoms with van der Waals surface area (Å²) < 4.78 is 1.39. The summed E-state index contributed by atoms with van der Waals surface area (Å²) in [6.45, 7) is 0.561. The van der Waals surface area contributed by atoms with E-state index in [1.54, 1.807) is 18.3 Å². The largest absolute Gasteiger partial charge is 0.384 e. The first-order valence-corrected chi connectivity index (χ1v) is 12.0. The van der Waals surface area contributed by atoms with Crippen LogP contribution in [0, 0.1) is 0 Å². The molecule has 0 bridgehead atoms. The number of nitrogens with one attached hydrogen (secondary N) is 2. The van der Waals surface area contributed by atoms with E-state index in [0.717, 1.165) is 16.7 Å². The zero-order chi connectivity index (χ0) is 25.3. The van der Waals surface area contributed by atoms with Gasteiger partial charge in [0.2, 0.25) is 5.91 Å². The highest BCUT2D eigenvalue weighted by Gasteiger charge is 2.18. The second-order valence-electron chi connectivity index (χ2n) is 8.28. The quantitative estimate of drug-likeness (QED) is 0.306. The van der Waals surface area contributed by atoms with E-state index in [1.165, 1.54) is 4.57 Å². The number of nitrogens with zero attached hydrogens (tertiary/aromatic N) is 3. The molecule has 0 radical (unpaired) electrons. The number of carbonyl (C=O) groups is 1. The molecule has 0 fully saturated rings. The maximum Gasteiger partial charge on any atom is 0.294 e. The zero-order valence-electron chi connectivity index (χ0n) is 19.7. The zero-order valence-corrected chi connectivity index (χ0v) is 20.4. The van der Waals surface area contributed by atoms with Crippen LogP contribution in [0.3, 0.4) is 0 Å². The van der Waals surface area contributed by atoms with Crippen LogP contribution in [0.2, 0.25) is 5.15 Å². The second kappa shape index (κ2) is 12.0.